The van der Waals surface area contributed by atoms with Gasteiger partial charge in [-0.2, -0.15) is 0 Å². The number of carboxylic acids is 1. The average molecular weight is 326 g/mol. The Kier molecular flexibility index (Phi) is 12.9. The first-order chi connectivity index (χ1) is 11.0. The van der Waals surface area contributed by atoms with Gasteiger partial charge in [-0.25, -0.2) is 0 Å². The Labute approximate surface area is 138 Å². The quantitative estimate of drug-likeness (QED) is 0.315. The summed E-state index contributed by atoms with van der Waals surface area (Å²) < 4.78 is 0. The van der Waals surface area contributed by atoms with Gasteiger partial charge in [-0.1, -0.05) is 19.4 Å². The number of aliphatic carboxylic acids is 1. The number of carbonyl (C=O) groups is 3. The van der Waals surface area contributed by atoms with E-state index in [2.05, 4.69) is 11.9 Å². The van der Waals surface area contributed by atoms with Gasteiger partial charge in [0.25, 0.3) is 0 Å². The molecule has 0 aromatic carbocycles. The highest BCUT2D eigenvalue weighted by Gasteiger charge is 2.09. The number of rotatable bonds is 15. The van der Waals surface area contributed by atoms with Gasteiger partial charge in [0.2, 0.25) is 5.91 Å². The van der Waals surface area contributed by atoms with E-state index in [9.17, 15) is 14.4 Å². The van der Waals surface area contributed by atoms with Gasteiger partial charge in [-0.05, 0) is 38.6 Å². The molecule has 1 amide bonds. The molecular formula is C17H30N2O4. The Morgan fingerprint density at radius 2 is 1.52 bits per heavy atom. The molecule has 0 rings (SSSR count). The van der Waals surface area contributed by atoms with Gasteiger partial charge in [0.15, 0.2) is 0 Å². The van der Waals surface area contributed by atoms with E-state index < -0.39 is 5.97 Å². The van der Waals surface area contributed by atoms with Crippen LogP contribution in [0, 0.1) is 0 Å². The largest absolute Gasteiger partial charge is 0.481 e. The smallest absolute Gasteiger partial charge is 0.303 e. The normalized spacial score (nSPS) is 10.3. The summed E-state index contributed by atoms with van der Waals surface area (Å²) in [5, 5.41) is 11.2. The number of carboxylic acid groups (broad SMARTS) is 1. The summed E-state index contributed by atoms with van der Waals surface area (Å²) in [4.78, 5) is 33.8. The Bertz CT molecular complexity index is 394. The van der Waals surface area contributed by atoms with E-state index in [4.69, 9.17) is 10.8 Å². The third kappa shape index (κ3) is 13.7. The molecule has 0 aromatic rings. The van der Waals surface area contributed by atoms with E-state index in [1.54, 1.807) is 0 Å². The number of hydrogen-bond acceptors (Lipinski definition) is 4. The summed E-state index contributed by atoms with van der Waals surface area (Å²) >= 11 is 0. The highest BCUT2D eigenvalue weighted by molar-refractivity contribution is 5.93. The van der Waals surface area contributed by atoms with Crippen molar-refractivity contribution in [3.63, 3.8) is 0 Å². The number of amides is 1. The van der Waals surface area contributed by atoms with Crippen LogP contribution in [0.1, 0.15) is 64.2 Å². The summed E-state index contributed by atoms with van der Waals surface area (Å²) in [5.41, 5.74) is 5.81. The summed E-state index contributed by atoms with van der Waals surface area (Å²) in [7, 11) is 0. The molecule has 6 heteroatoms. The Hall–Kier alpha value is -1.69. The topological polar surface area (TPSA) is 109 Å². The molecule has 23 heavy (non-hydrogen) atoms. The minimum Gasteiger partial charge on any atom is -0.481 e. The monoisotopic (exact) mass is 326 g/mol. The van der Waals surface area contributed by atoms with Gasteiger partial charge < -0.3 is 16.2 Å². The van der Waals surface area contributed by atoms with Crippen LogP contribution < -0.4 is 11.1 Å². The maximum Gasteiger partial charge on any atom is 0.303 e. The van der Waals surface area contributed by atoms with Crippen molar-refractivity contribution in [2.24, 2.45) is 5.73 Å². The van der Waals surface area contributed by atoms with Crippen LogP contribution in [0.15, 0.2) is 12.2 Å². The number of ketones is 1. The second-order valence-corrected chi connectivity index (χ2v) is 5.70. The molecule has 0 radical (unpaired) electrons. The maximum atomic E-state index is 11.8. The van der Waals surface area contributed by atoms with Crippen LogP contribution in [0.25, 0.3) is 0 Å². The van der Waals surface area contributed by atoms with Crippen molar-refractivity contribution in [1.29, 1.82) is 0 Å². The molecule has 0 unspecified atom stereocenters. The molecular weight excluding hydrogens is 296 g/mol. The van der Waals surface area contributed by atoms with Crippen molar-refractivity contribution in [1.82, 2.24) is 5.32 Å². The molecule has 0 fully saturated rings. The second-order valence-electron chi connectivity index (χ2n) is 5.70. The maximum absolute atomic E-state index is 11.8. The fourth-order valence-corrected chi connectivity index (χ4v) is 2.08. The van der Waals surface area contributed by atoms with Crippen molar-refractivity contribution in [2.45, 2.75) is 64.2 Å². The minimum atomic E-state index is -0.796. The number of carbonyl (C=O) groups excluding carboxylic acids is 2. The van der Waals surface area contributed by atoms with E-state index in [-0.39, 0.29) is 18.1 Å². The Morgan fingerprint density at radius 3 is 2.17 bits per heavy atom. The first-order valence-electron chi connectivity index (χ1n) is 8.37. The summed E-state index contributed by atoms with van der Waals surface area (Å²) in [5.74, 6) is -0.862. The Morgan fingerprint density at radius 1 is 0.870 bits per heavy atom. The molecule has 0 atom stereocenters. The lowest BCUT2D eigenvalue weighted by Crippen LogP contribution is -2.26. The van der Waals surface area contributed by atoms with Gasteiger partial charge in [0.1, 0.15) is 5.78 Å². The molecule has 0 aliphatic heterocycles. The molecule has 0 aromatic heterocycles. The van der Waals surface area contributed by atoms with Crippen molar-refractivity contribution in [3.8, 4) is 0 Å². The first kappa shape index (κ1) is 21.3. The van der Waals surface area contributed by atoms with Crippen LogP contribution >= 0.6 is 0 Å². The zero-order valence-electron chi connectivity index (χ0n) is 13.9. The minimum absolute atomic E-state index is 0.157. The van der Waals surface area contributed by atoms with E-state index >= 15 is 0 Å². The van der Waals surface area contributed by atoms with Gasteiger partial charge >= 0.3 is 5.97 Å². The van der Waals surface area contributed by atoms with Crippen LogP contribution in [-0.4, -0.2) is 35.9 Å². The van der Waals surface area contributed by atoms with Gasteiger partial charge in [-0.15, -0.1) is 0 Å². The number of Topliss-reactive ketones (excluding diaryl/α,β-unsaturated/α-hetero) is 1. The van der Waals surface area contributed by atoms with Gasteiger partial charge in [0, 0.05) is 31.4 Å². The van der Waals surface area contributed by atoms with Crippen LogP contribution in [-0.2, 0) is 14.4 Å². The van der Waals surface area contributed by atoms with Crippen LogP contribution in [0.5, 0.6) is 0 Å². The van der Waals surface area contributed by atoms with Gasteiger partial charge in [-0.3, -0.25) is 14.4 Å². The molecule has 0 aliphatic rings. The molecule has 0 spiro atoms. The van der Waals surface area contributed by atoms with E-state index in [1.807, 2.05) is 0 Å². The molecule has 0 saturated carbocycles. The van der Waals surface area contributed by atoms with Crippen LogP contribution in [0.2, 0.25) is 0 Å². The molecule has 0 bridgehead atoms. The number of unbranched alkanes of at least 4 members (excludes halogenated alkanes) is 4. The standard InChI is InChI=1S/C17H30N2O4/c1-14(10-11-15(20)8-4-2-6-12-18)17(23)19-13-7-3-5-9-16(21)22/h1-13,18H2,(H,19,23)(H,21,22). The predicted octanol–water partition coefficient (Wildman–Crippen LogP) is 2.17. The van der Waals surface area contributed by atoms with Gasteiger partial charge in [0.05, 0.1) is 0 Å². The molecule has 6 nitrogen and oxygen atoms in total. The zero-order chi connectivity index (χ0) is 17.5. The summed E-state index contributed by atoms with van der Waals surface area (Å²) in [6, 6.07) is 0. The highest BCUT2D eigenvalue weighted by Crippen LogP contribution is 2.08. The van der Waals surface area contributed by atoms with Crippen molar-refractivity contribution >= 4 is 17.7 Å². The fourth-order valence-electron chi connectivity index (χ4n) is 2.08. The van der Waals surface area contributed by atoms with Crippen LogP contribution in [0.4, 0.5) is 0 Å². The average Bonchev–Trinajstić information content (AvgIpc) is 2.52. The van der Waals surface area contributed by atoms with E-state index in [0.29, 0.717) is 44.3 Å². The van der Waals surface area contributed by atoms with Crippen molar-refractivity contribution < 1.29 is 19.5 Å². The molecule has 0 saturated heterocycles. The zero-order valence-corrected chi connectivity index (χ0v) is 13.9. The number of hydrogen-bond donors (Lipinski definition) is 3. The third-order valence-corrected chi connectivity index (χ3v) is 3.54. The van der Waals surface area contributed by atoms with E-state index in [0.717, 1.165) is 32.1 Å². The van der Waals surface area contributed by atoms with Crippen LogP contribution in [0.3, 0.4) is 0 Å². The van der Waals surface area contributed by atoms with Crippen molar-refractivity contribution in [2.75, 3.05) is 13.1 Å². The fraction of sp³-hybridized carbons (Fsp3) is 0.706. The number of nitrogens with two attached hydrogens (primary N) is 1. The lowest BCUT2D eigenvalue weighted by Gasteiger charge is -2.07. The predicted molar refractivity (Wildman–Crippen MR) is 90.0 cm³/mol. The van der Waals surface area contributed by atoms with Crippen molar-refractivity contribution in [3.05, 3.63) is 12.2 Å². The molecule has 4 N–H and O–H groups in total. The van der Waals surface area contributed by atoms with E-state index in [1.165, 1.54) is 0 Å². The highest BCUT2D eigenvalue weighted by atomic mass is 16.4. The molecule has 132 valence electrons. The second kappa shape index (κ2) is 13.9. The molecule has 0 heterocycles. The lowest BCUT2D eigenvalue weighted by atomic mass is 10.0. The lowest BCUT2D eigenvalue weighted by molar-refractivity contribution is -0.137. The first-order valence-corrected chi connectivity index (χ1v) is 8.37. The SMILES string of the molecule is C=C(CCC(=O)CCCCCN)C(=O)NCCCCCC(=O)O. The third-order valence-electron chi connectivity index (χ3n) is 3.54. The molecule has 0 aliphatic carbocycles. The Balaban J connectivity index is 3.63. The summed E-state index contributed by atoms with van der Waals surface area (Å²) in [6.45, 7) is 4.87. The number of nitrogens with one attached hydrogen (secondary N) is 1. The summed E-state index contributed by atoms with van der Waals surface area (Å²) in [6.07, 6.45) is 6.32.